The number of halogens is 1. The van der Waals surface area contributed by atoms with E-state index in [2.05, 4.69) is 20.9 Å². The van der Waals surface area contributed by atoms with Crippen molar-refractivity contribution >= 4 is 23.4 Å². The summed E-state index contributed by atoms with van der Waals surface area (Å²) < 4.78 is 15.0. The predicted octanol–water partition coefficient (Wildman–Crippen LogP) is 3.38. The van der Waals surface area contributed by atoms with Crippen molar-refractivity contribution in [2.24, 2.45) is 0 Å². The molecule has 0 bridgehead atoms. The normalized spacial score (nSPS) is 18.4. The van der Waals surface area contributed by atoms with Crippen LogP contribution in [0.25, 0.3) is 0 Å². The second kappa shape index (κ2) is 7.40. The zero-order chi connectivity index (χ0) is 18.8. The van der Waals surface area contributed by atoms with Crippen LogP contribution in [0, 0.1) is 5.82 Å². The van der Waals surface area contributed by atoms with E-state index in [4.69, 9.17) is 0 Å². The summed E-state index contributed by atoms with van der Waals surface area (Å²) in [5.41, 5.74) is 4.93. The number of nitrogens with one attached hydrogen (secondary N) is 2. The molecule has 0 unspecified atom stereocenters. The van der Waals surface area contributed by atoms with E-state index < -0.39 is 5.25 Å². The first-order valence-corrected chi connectivity index (χ1v) is 9.52. The fraction of sp³-hybridized carbons (Fsp3) is 0.211. The number of amides is 1. The van der Waals surface area contributed by atoms with Gasteiger partial charge in [-0.2, -0.15) is 0 Å². The Morgan fingerprint density at radius 1 is 1.19 bits per heavy atom. The highest BCUT2D eigenvalue weighted by Gasteiger charge is 2.37. The minimum atomic E-state index is -0.459. The van der Waals surface area contributed by atoms with Gasteiger partial charge in [-0.1, -0.05) is 49.0 Å². The first-order chi connectivity index (χ1) is 13.2. The molecule has 4 rings (SSSR count). The quantitative estimate of drug-likeness (QED) is 0.723. The summed E-state index contributed by atoms with van der Waals surface area (Å²) in [6.45, 7) is 2.01. The number of aromatic nitrogens is 3. The van der Waals surface area contributed by atoms with Gasteiger partial charge < -0.3 is 10.7 Å². The summed E-state index contributed by atoms with van der Waals surface area (Å²) in [7, 11) is 0. The van der Waals surface area contributed by atoms with E-state index in [9.17, 15) is 9.18 Å². The first kappa shape index (κ1) is 17.5. The van der Waals surface area contributed by atoms with Crippen LogP contribution in [0.15, 0.2) is 59.8 Å². The number of anilines is 1. The summed E-state index contributed by atoms with van der Waals surface area (Å²) >= 11 is 1.37. The molecule has 0 saturated carbocycles. The van der Waals surface area contributed by atoms with Crippen molar-refractivity contribution in [3.05, 3.63) is 71.8 Å². The van der Waals surface area contributed by atoms with E-state index in [1.807, 2.05) is 41.9 Å². The lowest BCUT2D eigenvalue weighted by molar-refractivity contribution is -0.116. The molecule has 27 heavy (non-hydrogen) atoms. The van der Waals surface area contributed by atoms with Crippen LogP contribution in [-0.2, 0) is 11.2 Å². The maximum Gasteiger partial charge on any atom is 0.240 e. The minimum Gasteiger partial charge on any atom is -0.325 e. The molecule has 0 aliphatic carbocycles. The molecule has 138 valence electrons. The minimum absolute atomic E-state index is 0.180. The van der Waals surface area contributed by atoms with Gasteiger partial charge in [0.1, 0.15) is 11.1 Å². The van der Waals surface area contributed by atoms with Crippen LogP contribution in [-0.4, -0.2) is 26.0 Å². The number of thioether (sulfide) groups is 1. The SMILES string of the molecule is CCc1nnc2n1N[C@@H](c1ccccc1)[C@H](C(=O)Nc1ccc(F)cc1)S2. The van der Waals surface area contributed by atoms with Gasteiger partial charge in [0.15, 0.2) is 5.82 Å². The predicted molar refractivity (Wildman–Crippen MR) is 103 cm³/mol. The average molecular weight is 383 g/mol. The van der Waals surface area contributed by atoms with Crippen molar-refractivity contribution < 1.29 is 9.18 Å². The lowest BCUT2D eigenvalue weighted by atomic mass is 10.0. The third-order valence-corrected chi connectivity index (χ3v) is 5.56. The van der Waals surface area contributed by atoms with Crippen molar-refractivity contribution in [3.8, 4) is 0 Å². The van der Waals surface area contributed by atoms with E-state index >= 15 is 0 Å². The molecule has 2 atom stereocenters. The average Bonchev–Trinajstić information content (AvgIpc) is 3.11. The highest BCUT2D eigenvalue weighted by atomic mass is 32.2. The van der Waals surface area contributed by atoms with E-state index in [0.717, 1.165) is 17.8 Å². The first-order valence-electron chi connectivity index (χ1n) is 8.64. The van der Waals surface area contributed by atoms with Crippen molar-refractivity contribution in [1.82, 2.24) is 14.9 Å². The van der Waals surface area contributed by atoms with Crippen molar-refractivity contribution in [2.75, 3.05) is 10.7 Å². The van der Waals surface area contributed by atoms with Gasteiger partial charge in [0.05, 0.1) is 6.04 Å². The fourth-order valence-electron chi connectivity index (χ4n) is 2.98. The molecule has 2 N–H and O–H groups in total. The molecule has 1 aliphatic heterocycles. The summed E-state index contributed by atoms with van der Waals surface area (Å²) in [6, 6.07) is 15.3. The molecule has 0 spiro atoms. The Kier molecular flexibility index (Phi) is 4.81. The van der Waals surface area contributed by atoms with Crippen molar-refractivity contribution in [2.45, 2.75) is 29.8 Å². The van der Waals surface area contributed by atoms with Gasteiger partial charge in [0.2, 0.25) is 11.1 Å². The number of benzene rings is 2. The van der Waals surface area contributed by atoms with Crippen LogP contribution in [0.4, 0.5) is 10.1 Å². The smallest absolute Gasteiger partial charge is 0.240 e. The van der Waals surface area contributed by atoms with E-state index in [-0.39, 0.29) is 17.8 Å². The molecule has 6 nitrogen and oxygen atoms in total. The van der Waals surface area contributed by atoms with Gasteiger partial charge in [0, 0.05) is 12.1 Å². The van der Waals surface area contributed by atoms with Crippen molar-refractivity contribution in [3.63, 3.8) is 0 Å². The highest BCUT2D eigenvalue weighted by molar-refractivity contribution is 8.00. The van der Waals surface area contributed by atoms with Gasteiger partial charge in [-0.3, -0.25) is 4.79 Å². The number of hydrogen-bond donors (Lipinski definition) is 2. The Morgan fingerprint density at radius 2 is 1.93 bits per heavy atom. The van der Waals surface area contributed by atoms with E-state index in [1.54, 1.807) is 12.1 Å². The Balaban J connectivity index is 1.65. The molecular formula is C19H18FN5OS. The molecule has 2 aromatic carbocycles. The third kappa shape index (κ3) is 3.52. The van der Waals surface area contributed by atoms with Crippen LogP contribution >= 0.6 is 11.8 Å². The van der Waals surface area contributed by atoms with E-state index in [0.29, 0.717) is 10.8 Å². The maximum atomic E-state index is 13.1. The molecular weight excluding hydrogens is 365 g/mol. The number of carbonyl (C=O) groups is 1. The largest absolute Gasteiger partial charge is 0.325 e. The number of fused-ring (bicyclic) bond motifs is 1. The van der Waals surface area contributed by atoms with Gasteiger partial charge in [-0.15, -0.1) is 10.2 Å². The van der Waals surface area contributed by atoms with Crippen LogP contribution in [0.3, 0.4) is 0 Å². The lowest BCUT2D eigenvalue weighted by Gasteiger charge is -2.32. The number of rotatable bonds is 4. The Bertz CT molecular complexity index is 944. The second-order valence-electron chi connectivity index (χ2n) is 6.14. The summed E-state index contributed by atoms with van der Waals surface area (Å²) in [5, 5.41) is 11.4. The third-order valence-electron chi connectivity index (χ3n) is 4.35. The Labute approximate surface area is 160 Å². The summed E-state index contributed by atoms with van der Waals surface area (Å²) in [6.07, 6.45) is 0.731. The standard InChI is InChI=1S/C19H18FN5OS/c1-2-15-22-23-19-25(15)24-16(12-6-4-3-5-7-12)17(27-19)18(26)21-14-10-8-13(20)9-11-14/h3-11,16-17,24H,2H2,1H3,(H,21,26)/t16-,17+/m0/s1. The number of nitrogens with zero attached hydrogens (tertiary/aromatic N) is 3. The second-order valence-corrected chi connectivity index (χ2v) is 7.25. The zero-order valence-electron chi connectivity index (χ0n) is 14.6. The lowest BCUT2D eigenvalue weighted by Crippen LogP contribution is -2.41. The van der Waals surface area contributed by atoms with Gasteiger partial charge in [-0.25, -0.2) is 9.07 Å². The number of carbonyl (C=O) groups excluding carboxylic acids is 1. The number of hydrogen-bond acceptors (Lipinski definition) is 5. The van der Waals surface area contributed by atoms with Gasteiger partial charge in [-0.05, 0) is 29.8 Å². The molecule has 2 heterocycles. The summed E-state index contributed by atoms with van der Waals surface area (Å²) in [4.78, 5) is 13.0. The van der Waals surface area contributed by atoms with E-state index in [1.165, 1.54) is 23.9 Å². The van der Waals surface area contributed by atoms with Crippen LogP contribution in [0.2, 0.25) is 0 Å². The molecule has 0 fully saturated rings. The molecule has 8 heteroatoms. The zero-order valence-corrected chi connectivity index (χ0v) is 15.4. The molecule has 3 aromatic rings. The van der Waals surface area contributed by atoms with Crippen LogP contribution in [0.1, 0.15) is 24.4 Å². The molecule has 0 saturated heterocycles. The molecule has 1 aliphatic rings. The molecule has 0 radical (unpaired) electrons. The maximum absolute atomic E-state index is 13.1. The molecule has 1 aromatic heterocycles. The Morgan fingerprint density at radius 3 is 2.63 bits per heavy atom. The topological polar surface area (TPSA) is 71.8 Å². The van der Waals surface area contributed by atoms with Crippen molar-refractivity contribution in [1.29, 1.82) is 0 Å². The summed E-state index contributed by atoms with van der Waals surface area (Å²) in [5.74, 6) is 0.292. The van der Waals surface area contributed by atoms with Gasteiger partial charge in [0.25, 0.3) is 0 Å². The monoisotopic (exact) mass is 383 g/mol. The van der Waals surface area contributed by atoms with Crippen LogP contribution < -0.4 is 10.7 Å². The Hall–Kier alpha value is -2.87. The van der Waals surface area contributed by atoms with Crippen LogP contribution in [0.5, 0.6) is 0 Å². The van der Waals surface area contributed by atoms with Gasteiger partial charge >= 0.3 is 0 Å². The fourth-order valence-corrected chi connectivity index (χ4v) is 4.08. The highest BCUT2D eigenvalue weighted by Crippen LogP contribution is 2.37. The molecule has 1 amide bonds. The number of aryl methyl sites for hydroxylation is 1.